The summed E-state index contributed by atoms with van der Waals surface area (Å²) in [6.45, 7) is 1.16. The molecular formula is C14H18N2O. The zero-order valence-electron chi connectivity index (χ0n) is 9.98. The van der Waals surface area contributed by atoms with Crippen molar-refractivity contribution in [3.05, 3.63) is 30.2 Å². The van der Waals surface area contributed by atoms with Gasteiger partial charge in [0.2, 0.25) is 0 Å². The fourth-order valence-corrected chi connectivity index (χ4v) is 2.10. The number of hydrogen-bond donors (Lipinski definition) is 1. The molecule has 0 aliphatic heterocycles. The number of nitrogens with zero attached hydrogens (tertiary/aromatic N) is 1. The van der Waals surface area contributed by atoms with E-state index in [1.807, 2.05) is 6.07 Å². The van der Waals surface area contributed by atoms with Gasteiger partial charge in [-0.3, -0.25) is 0 Å². The summed E-state index contributed by atoms with van der Waals surface area (Å²) >= 11 is 0. The molecule has 1 aromatic carbocycles. The molecule has 1 fully saturated rings. The van der Waals surface area contributed by atoms with Gasteiger partial charge in [-0.1, -0.05) is 6.07 Å². The molecule has 0 bridgehead atoms. The molecule has 90 valence electrons. The quantitative estimate of drug-likeness (QED) is 0.775. The van der Waals surface area contributed by atoms with Crippen LogP contribution in [-0.2, 0) is 6.42 Å². The summed E-state index contributed by atoms with van der Waals surface area (Å²) in [6.07, 6.45) is 7.88. The van der Waals surface area contributed by atoms with Gasteiger partial charge in [-0.25, -0.2) is 4.98 Å². The molecule has 3 rings (SSSR count). The molecule has 0 amide bonds. The second-order valence-corrected chi connectivity index (χ2v) is 4.84. The zero-order chi connectivity index (χ0) is 11.5. The minimum Gasteiger partial charge on any atom is -0.443 e. The van der Waals surface area contributed by atoms with Crippen LogP contribution >= 0.6 is 0 Å². The van der Waals surface area contributed by atoms with Crippen LogP contribution in [0.4, 0.5) is 0 Å². The SMILES string of the molecule is c1nc2ccc(CCCCNC3CC3)cc2o1. The lowest BCUT2D eigenvalue weighted by atomic mass is 10.1. The van der Waals surface area contributed by atoms with Crippen LogP contribution in [0.5, 0.6) is 0 Å². The van der Waals surface area contributed by atoms with E-state index in [4.69, 9.17) is 4.42 Å². The van der Waals surface area contributed by atoms with E-state index in [0.29, 0.717) is 0 Å². The Balaban J connectivity index is 1.46. The van der Waals surface area contributed by atoms with E-state index in [-0.39, 0.29) is 0 Å². The van der Waals surface area contributed by atoms with Crippen molar-refractivity contribution in [2.24, 2.45) is 0 Å². The fraction of sp³-hybridized carbons (Fsp3) is 0.500. The van der Waals surface area contributed by atoms with Crippen molar-refractivity contribution < 1.29 is 4.42 Å². The van der Waals surface area contributed by atoms with Gasteiger partial charge in [0.1, 0.15) is 5.52 Å². The molecule has 0 unspecified atom stereocenters. The van der Waals surface area contributed by atoms with Crippen molar-refractivity contribution in [1.29, 1.82) is 0 Å². The molecule has 0 radical (unpaired) electrons. The summed E-state index contributed by atoms with van der Waals surface area (Å²) in [5.41, 5.74) is 3.20. The summed E-state index contributed by atoms with van der Waals surface area (Å²) in [5, 5.41) is 3.54. The number of aromatic nitrogens is 1. The number of nitrogens with one attached hydrogen (secondary N) is 1. The molecular weight excluding hydrogens is 212 g/mol. The van der Waals surface area contributed by atoms with Crippen molar-refractivity contribution in [2.45, 2.75) is 38.1 Å². The van der Waals surface area contributed by atoms with Crippen molar-refractivity contribution >= 4 is 11.1 Å². The monoisotopic (exact) mass is 230 g/mol. The van der Waals surface area contributed by atoms with Crippen molar-refractivity contribution in [3.8, 4) is 0 Å². The summed E-state index contributed by atoms with van der Waals surface area (Å²) < 4.78 is 5.30. The van der Waals surface area contributed by atoms with Gasteiger partial charge >= 0.3 is 0 Å². The molecule has 0 saturated heterocycles. The number of aryl methyl sites for hydroxylation is 1. The van der Waals surface area contributed by atoms with Crippen LogP contribution < -0.4 is 5.32 Å². The van der Waals surface area contributed by atoms with E-state index in [1.165, 1.54) is 37.6 Å². The van der Waals surface area contributed by atoms with E-state index in [1.54, 1.807) is 0 Å². The van der Waals surface area contributed by atoms with Crippen LogP contribution in [0.1, 0.15) is 31.2 Å². The third-order valence-electron chi connectivity index (χ3n) is 3.30. The lowest BCUT2D eigenvalue weighted by Crippen LogP contribution is -2.17. The first-order valence-corrected chi connectivity index (χ1v) is 6.47. The van der Waals surface area contributed by atoms with Crippen LogP contribution in [0.2, 0.25) is 0 Å². The average molecular weight is 230 g/mol. The van der Waals surface area contributed by atoms with Gasteiger partial charge in [-0.05, 0) is 56.3 Å². The number of hydrogen-bond acceptors (Lipinski definition) is 3. The normalized spacial score (nSPS) is 15.5. The molecule has 0 spiro atoms. The minimum absolute atomic E-state index is 0.834. The Hall–Kier alpha value is -1.35. The maximum Gasteiger partial charge on any atom is 0.181 e. The van der Waals surface area contributed by atoms with Gasteiger partial charge in [0.25, 0.3) is 0 Å². The third kappa shape index (κ3) is 2.86. The molecule has 1 aliphatic rings. The van der Waals surface area contributed by atoms with Crippen LogP contribution in [-0.4, -0.2) is 17.6 Å². The van der Waals surface area contributed by atoms with Gasteiger partial charge < -0.3 is 9.73 Å². The highest BCUT2D eigenvalue weighted by Gasteiger charge is 2.19. The molecule has 1 saturated carbocycles. The van der Waals surface area contributed by atoms with E-state index in [2.05, 4.69) is 22.4 Å². The largest absolute Gasteiger partial charge is 0.443 e. The Morgan fingerprint density at radius 1 is 1.29 bits per heavy atom. The molecule has 1 heterocycles. The van der Waals surface area contributed by atoms with Crippen LogP contribution in [0.3, 0.4) is 0 Å². The predicted molar refractivity (Wildman–Crippen MR) is 68.0 cm³/mol. The van der Waals surface area contributed by atoms with E-state index < -0.39 is 0 Å². The number of fused-ring (bicyclic) bond motifs is 1. The summed E-state index contributed by atoms with van der Waals surface area (Å²) in [4.78, 5) is 4.12. The van der Waals surface area contributed by atoms with Crippen LogP contribution in [0.15, 0.2) is 29.0 Å². The molecule has 17 heavy (non-hydrogen) atoms. The average Bonchev–Trinajstić information content (AvgIpc) is 3.05. The molecule has 3 heteroatoms. The standard InChI is InChI=1S/C14H18N2O/c1(2-8-15-12-5-6-12)3-11-4-7-13-14(9-11)17-10-16-13/h4,7,9-10,12,15H,1-3,5-6,8H2. The predicted octanol–water partition coefficient (Wildman–Crippen LogP) is 2.90. The highest BCUT2D eigenvalue weighted by Crippen LogP contribution is 2.19. The Bertz CT molecular complexity index is 488. The van der Waals surface area contributed by atoms with E-state index in [0.717, 1.165) is 30.1 Å². The van der Waals surface area contributed by atoms with Crippen LogP contribution in [0, 0.1) is 0 Å². The molecule has 1 aromatic heterocycles. The van der Waals surface area contributed by atoms with Crippen molar-refractivity contribution in [1.82, 2.24) is 10.3 Å². The summed E-state index contributed by atoms with van der Waals surface area (Å²) in [7, 11) is 0. The Kier molecular flexibility index (Phi) is 3.10. The zero-order valence-corrected chi connectivity index (χ0v) is 9.98. The van der Waals surface area contributed by atoms with Gasteiger partial charge in [-0.2, -0.15) is 0 Å². The number of rotatable bonds is 6. The smallest absolute Gasteiger partial charge is 0.181 e. The maximum absolute atomic E-state index is 5.30. The number of unbranched alkanes of at least 4 members (excludes halogenated alkanes) is 1. The second kappa shape index (κ2) is 4.88. The minimum atomic E-state index is 0.834. The number of oxazole rings is 1. The Morgan fingerprint density at radius 2 is 2.24 bits per heavy atom. The number of benzene rings is 1. The first-order valence-electron chi connectivity index (χ1n) is 6.47. The lowest BCUT2D eigenvalue weighted by molar-refractivity contribution is 0.600. The molecule has 1 aliphatic carbocycles. The first-order chi connectivity index (χ1) is 8.42. The van der Waals surface area contributed by atoms with Gasteiger partial charge in [0.15, 0.2) is 12.0 Å². The lowest BCUT2D eigenvalue weighted by Gasteiger charge is -2.03. The molecule has 3 nitrogen and oxygen atoms in total. The summed E-state index contributed by atoms with van der Waals surface area (Å²) in [5.74, 6) is 0. The first kappa shape index (κ1) is 10.8. The molecule has 2 aromatic rings. The fourth-order valence-electron chi connectivity index (χ4n) is 2.10. The Labute approximate surface area is 101 Å². The van der Waals surface area contributed by atoms with E-state index >= 15 is 0 Å². The van der Waals surface area contributed by atoms with Gasteiger partial charge in [-0.15, -0.1) is 0 Å². The summed E-state index contributed by atoms with van der Waals surface area (Å²) in [6, 6.07) is 7.13. The highest BCUT2D eigenvalue weighted by molar-refractivity contribution is 5.72. The second-order valence-electron chi connectivity index (χ2n) is 4.84. The highest BCUT2D eigenvalue weighted by atomic mass is 16.3. The third-order valence-corrected chi connectivity index (χ3v) is 3.30. The molecule has 0 atom stereocenters. The maximum atomic E-state index is 5.30. The Morgan fingerprint density at radius 3 is 3.12 bits per heavy atom. The van der Waals surface area contributed by atoms with Crippen molar-refractivity contribution in [2.75, 3.05) is 6.54 Å². The topological polar surface area (TPSA) is 38.1 Å². The van der Waals surface area contributed by atoms with Crippen LogP contribution in [0.25, 0.3) is 11.1 Å². The van der Waals surface area contributed by atoms with Crippen molar-refractivity contribution in [3.63, 3.8) is 0 Å². The van der Waals surface area contributed by atoms with E-state index in [9.17, 15) is 0 Å². The van der Waals surface area contributed by atoms with Gasteiger partial charge in [0.05, 0.1) is 0 Å². The molecule has 1 N–H and O–H groups in total. The van der Waals surface area contributed by atoms with Gasteiger partial charge in [0, 0.05) is 6.04 Å².